The summed E-state index contributed by atoms with van der Waals surface area (Å²) in [5, 5.41) is 1.07. The summed E-state index contributed by atoms with van der Waals surface area (Å²) < 4.78 is 0. The van der Waals surface area contributed by atoms with Crippen molar-refractivity contribution in [3.05, 3.63) is 15.6 Å². The summed E-state index contributed by atoms with van der Waals surface area (Å²) >= 11 is 1.54. The Hall–Kier alpha value is -0.700. The van der Waals surface area contributed by atoms with Gasteiger partial charge in [0.1, 0.15) is 0 Å². The second kappa shape index (κ2) is 4.01. The van der Waals surface area contributed by atoms with Crippen molar-refractivity contribution < 1.29 is 4.79 Å². The standard InChI is InChI=1S/C10H15NOS/c1-5-8-9(7(4)12)13-10(11-8)6(2)3/h6H,5H2,1-4H3. The molecular formula is C10H15NOS. The number of hydrogen-bond donors (Lipinski definition) is 0. The van der Waals surface area contributed by atoms with Crippen molar-refractivity contribution in [1.82, 2.24) is 4.98 Å². The van der Waals surface area contributed by atoms with E-state index in [2.05, 4.69) is 18.8 Å². The van der Waals surface area contributed by atoms with Crippen LogP contribution in [0, 0.1) is 0 Å². The first-order valence-electron chi connectivity index (χ1n) is 4.56. The average molecular weight is 197 g/mol. The maximum atomic E-state index is 11.2. The lowest BCUT2D eigenvalue weighted by molar-refractivity contribution is 0.102. The number of rotatable bonds is 3. The number of nitrogens with zero attached hydrogens (tertiary/aromatic N) is 1. The zero-order valence-electron chi connectivity index (χ0n) is 8.55. The van der Waals surface area contributed by atoms with Crippen LogP contribution in [0.4, 0.5) is 0 Å². The highest BCUT2D eigenvalue weighted by Gasteiger charge is 2.14. The number of carbonyl (C=O) groups excluding carboxylic acids is 1. The van der Waals surface area contributed by atoms with Gasteiger partial charge in [0.15, 0.2) is 5.78 Å². The number of hydrogen-bond acceptors (Lipinski definition) is 3. The van der Waals surface area contributed by atoms with E-state index in [4.69, 9.17) is 0 Å². The number of aromatic nitrogens is 1. The molecule has 1 heterocycles. The molecule has 13 heavy (non-hydrogen) atoms. The molecule has 0 fully saturated rings. The van der Waals surface area contributed by atoms with Crippen LogP contribution in [0.25, 0.3) is 0 Å². The van der Waals surface area contributed by atoms with E-state index in [0.717, 1.165) is 22.0 Å². The van der Waals surface area contributed by atoms with Crippen molar-refractivity contribution in [2.75, 3.05) is 0 Å². The zero-order valence-corrected chi connectivity index (χ0v) is 9.36. The van der Waals surface area contributed by atoms with E-state index >= 15 is 0 Å². The van der Waals surface area contributed by atoms with Gasteiger partial charge in [-0.15, -0.1) is 11.3 Å². The van der Waals surface area contributed by atoms with Gasteiger partial charge in [-0.25, -0.2) is 4.98 Å². The summed E-state index contributed by atoms with van der Waals surface area (Å²) in [5.41, 5.74) is 0.959. The van der Waals surface area contributed by atoms with Gasteiger partial charge >= 0.3 is 0 Å². The van der Waals surface area contributed by atoms with Crippen molar-refractivity contribution in [2.45, 2.75) is 40.0 Å². The number of aryl methyl sites for hydroxylation is 1. The van der Waals surface area contributed by atoms with Crippen LogP contribution in [0.5, 0.6) is 0 Å². The van der Waals surface area contributed by atoms with E-state index in [-0.39, 0.29) is 5.78 Å². The second-order valence-electron chi connectivity index (χ2n) is 3.39. The van der Waals surface area contributed by atoms with E-state index in [1.807, 2.05) is 6.92 Å². The third-order valence-electron chi connectivity index (χ3n) is 1.86. The maximum absolute atomic E-state index is 11.2. The lowest BCUT2D eigenvalue weighted by Crippen LogP contribution is -1.93. The molecule has 1 aromatic heterocycles. The molecule has 0 radical (unpaired) electrons. The van der Waals surface area contributed by atoms with Crippen molar-refractivity contribution in [3.8, 4) is 0 Å². The number of ketones is 1. The third kappa shape index (κ3) is 2.15. The third-order valence-corrected chi connectivity index (χ3v) is 3.36. The van der Waals surface area contributed by atoms with E-state index in [9.17, 15) is 4.79 Å². The summed E-state index contributed by atoms with van der Waals surface area (Å²) in [6.45, 7) is 7.84. The Labute approximate surface area is 83.0 Å². The van der Waals surface area contributed by atoms with E-state index in [0.29, 0.717) is 5.92 Å². The van der Waals surface area contributed by atoms with Gasteiger partial charge in [-0.1, -0.05) is 20.8 Å². The first-order chi connectivity index (χ1) is 6.06. The summed E-state index contributed by atoms with van der Waals surface area (Å²) in [5.74, 6) is 0.560. The SMILES string of the molecule is CCc1nc(C(C)C)sc1C(C)=O. The molecular weight excluding hydrogens is 182 g/mol. The molecule has 2 nitrogen and oxygen atoms in total. The molecule has 0 aliphatic heterocycles. The summed E-state index contributed by atoms with van der Waals surface area (Å²) in [6, 6.07) is 0. The highest BCUT2D eigenvalue weighted by Crippen LogP contribution is 2.25. The van der Waals surface area contributed by atoms with Crippen molar-refractivity contribution >= 4 is 17.1 Å². The molecule has 0 spiro atoms. The highest BCUT2D eigenvalue weighted by molar-refractivity contribution is 7.13. The molecule has 0 saturated heterocycles. The van der Waals surface area contributed by atoms with Crippen LogP contribution in [-0.4, -0.2) is 10.8 Å². The van der Waals surface area contributed by atoms with Gasteiger partial charge in [0.2, 0.25) is 0 Å². The van der Waals surface area contributed by atoms with Crippen LogP contribution in [0.3, 0.4) is 0 Å². The fourth-order valence-corrected chi connectivity index (χ4v) is 2.18. The van der Waals surface area contributed by atoms with Crippen LogP contribution < -0.4 is 0 Å². The van der Waals surface area contributed by atoms with Gasteiger partial charge in [-0.3, -0.25) is 4.79 Å². The molecule has 0 amide bonds. The Morgan fingerprint density at radius 1 is 1.54 bits per heavy atom. The van der Waals surface area contributed by atoms with Crippen LogP contribution >= 0.6 is 11.3 Å². The molecule has 1 rings (SSSR count). The predicted octanol–water partition coefficient (Wildman–Crippen LogP) is 3.03. The quantitative estimate of drug-likeness (QED) is 0.697. The highest BCUT2D eigenvalue weighted by atomic mass is 32.1. The lowest BCUT2D eigenvalue weighted by Gasteiger charge is -1.95. The van der Waals surface area contributed by atoms with Crippen LogP contribution in [0.15, 0.2) is 0 Å². The Balaban J connectivity index is 3.11. The van der Waals surface area contributed by atoms with Gasteiger partial charge in [-0.05, 0) is 6.42 Å². The lowest BCUT2D eigenvalue weighted by atomic mass is 10.2. The van der Waals surface area contributed by atoms with E-state index in [1.165, 1.54) is 11.3 Å². The van der Waals surface area contributed by atoms with Crippen LogP contribution in [0.2, 0.25) is 0 Å². The molecule has 72 valence electrons. The van der Waals surface area contributed by atoms with Crippen molar-refractivity contribution in [3.63, 3.8) is 0 Å². The predicted molar refractivity (Wildman–Crippen MR) is 55.6 cm³/mol. The van der Waals surface area contributed by atoms with Crippen LogP contribution in [-0.2, 0) is 6.42 Å². The Morgan fingerprint density at radius 2 is 2.15 bits per heavy atom. The molecule has 0 aliphatic carbocycles. The Bertz CT molecular complexity index is 315. The Kier molecular flexibility index (Phi) is 3.20. The first kappa shape index (κ1) is 10.4. The Morgan fingerprint density at radius 3 is 2.46 bits per heavy atom. The van der Waals surface area contributed by atoms with Gasteiger partial charge < -0.3 is 0 Å². The molecule has 0 atom stereocenters. The topological polar surface area (TPSA) is 30.0 Å². The largest absolute Gasteiger partial charge is 0.294 e. The minimum Gasteiger partial charge on any atom is -0.294 e. The fourth-order valence-electron chi connectivity index (χ4n) is 1.13. The minimum absolute atomic E-state index is 0.140. The van der Waals surface area contributed by atoms with Gasteiger partial charge in [0, 0.05) is 12.8 Å². The summed E-state index contributed by atoms with van der Waals surface area (Å²) in [4.78, 5) is 16.5. The normalized spacial score (nSPS) is 10.8. The monoisotopic (exact) mass is 197 g/mol. The number of Topliss-reactive ketones (excluding diaryl/α,β-unsaturated/α-hetero) is 1. The van der Waals surface area contributed by atoms with E-state index < -0.39 is 0 Å². The summed E-state index contributed by atoms with van der Waals surface area (Å²) in [6.07, 6.45) is 0.845. The number of thiazole rings is 1. The zero-order chi connectivity index (χ0) is 10.0. The molecule has 0 unspecified atom stereocenters. The molecule has 0 N–H and O–H groups in total. The summed E-state index contributed by atoms with van der Waals surface area (Å²) in [7, 11) is 0. The minimum atomic E-state index is 0.140. The smallest absolute Gasteiger partial charge is 0.171 e. The molecule has 0 saturated carbocycles. The van der Waals surface area contributed by atoms with Crippen molar-refractivity contribution in [1.29, 1.82) is 0 Å². The second-order valence-corrected chi connectivity index (χ2v) is 4.42. The molecule has 0 aliphatic rings. The van der Waals surface area contributed by atoms with Gasteiger partial charge in [0.25, 0.3) is 0 Å². The van der Waals surface area contributed by atoms with Crippen molar-refractivity contribution in [2.24, 2.45) is 0 Å². The van der Waals surface area contributed by atoms with E-state index in [1.54, 1.807) is 6.92 Å². The first-order valence-corrected chi connectivity index (χ1v) is 5.38. The molecule has 0 bridgehead atoms. The fraction of sp³-hybridized carbons (Fsp3) is 0.600. The molecule has 1 aromatic rings. The maximum Gasteiger partial charge on any atom is 0.171 e. The van der Waals surface area contributed by atoms with Crippen LogP contribution in [0.1, 0.15) is 54.0 Å². The van der Waals surface area contributed by atoms with Gasteiger partial charge in [-0.2, -0.15) is 0 Å². The molecule has 3 heteroatoms. The average Bonchev–Trinajstić information content (AvgIpc) is 2.47. The molecule has 0 aromatic carbocycles. The number of carbonyl (C=O) groups is 1. The van der Waals surface area contributed by atoms with Gasteiger partial charge in [0.05, 0.1) is 15.6 Å².